The molecule has 0 unspecified atom stereocenters. The van der Waals surface area contributed by atoms with Crippen molar-refractivity contribution >= 4 is 29.8 Å². The molecule has 0 aliphatic carbocycles. The van der Waals surface area contributed by atoms with Gasteiger partial charge < -0.3 is 19.7 Å². The average Bonchev–Trinajstić information content (AvgIpc) is 2.81. The summed E-state index contributed by atoms with van der Waals surface area (Å²) in [5.41, 5.74) is -1.73. The number of aromatic nitrogens is 2. The van der Waals surface area contributed by atoms with E-state index in [1.54, 1.807) is 20.8 Å². The van der Waals surface area contributed by atoms with Crippen molar-refractivity contribution in [1.82, 2.24) is 9.55 Å². The number of carbonyl (C=O) groups excluding carboxylic acids is 1. The lowest BCUT2D eigenvalue weighted by molar-refractivity contribution is -0.0460. The number of nitrogens with one attached hydrogen (secondary N) is 1. The number of ether oxygens (including phenoxy) is 2. The number of thioether (sulfide) groups is 1. The van der Waals surface area contributed by atoms with Gasteiger partial charge in [0.1, 0.15) is 16.8 Å². The standard InChI is InChI=1S/C15H20FN3O7S/c1-15(2,3)26-14(24)25-10-7(6-20)27-11(9(10)16)19-5-4-8(17-12(19)21)18-13(22)23/h4-5,7,9-11,20H,6H2,1-3H3,(H,22,23)(H,17,18,21)/t7-,9+,10-,11-/m1/s1. The van der Waals surface area contributed by atoms with E-state index in [1.165, 1.54) is 12.3 Å². The molecule has 0 aromatic carbocycles. The molecular weight excluding hydrogens is 385 g/mol. The fraction of sp³-hybridized carbons (Fsp3) is 0.600. The number of nitrogens with zero attached hydrogens (tertiary/aromatic N) is 2. The Hall–Kier alpha value is -2.34. The number of carbonyl (C=O) groups is 2. The zero-order chi connectivity index (χ0) is 20.4. The lowest BCUT2D eigenvalue weighted by Crippen LogP contribution is -2.38. The maximum absolute atomic E-state index is 14.9. The van der Waals surface area contributed by atoms with Gasteiger partial charge in [-0.1, -0.05) is 0 Å². The van der Waals surface area contributed by atoms with E-state index in [0.29, 0.717) is 0 Å². The number of rotatable bonds is 4. The molecule has 0 spiro atoms. The van der Waals surface area contributed by atoms with Crippen LogP contribution in [0, 0.1) is 0 Å². The molecule has 1 saturated heterocycles. The van der Waals surface area contributed by atoms with Crippen molar-refractivity contribution in [1.29, 1.82) is 0 Å². The first-order valence-electron chi connectivity index (χ1n) is 7.91. The second-order valence-corrected chi connectivity index (χ2v) is 8.03. The van der Waals surface area contributed by atoms with Gasteiger partial charge >= 0.3 is 17.9 Å². The van der Waals surface area contributed by atoms with Crippen LogP contribution in [0.25, 0.3) is 0 Å². The van der Waals surface area contributed by atoms with E-state index in [0.717, 1.165) is 16.3 Å². The topological polar surface area (TPSA) is 140 Å². The Morgan fingerprint density at radius 1 is 1.44 bits per heavy atom. The number of alkyl halides is 1. The summed E-state index contributed by atoms with van der Waals surface area (Å²) in [4.78, 5) is 38.0. The van der Waals surface area contributed by atoms with Crippen LogP contribution in [0.2, 0.25) is 0 Å². The second-order valence-electron chi connectivity index (χ2n) is 6.67. The summed E-state index contributed by atoms with van der Waals surface area (Å²) in [6.07, 6.45) is -4.46. The molecule has 1 aliphatic rings. The van der Waals surface area contributed by atoms with Crippen LogP contribution in [0.3, 0.4) is 0 Å². The third kappa shape index (κ3) is 5.32. The van der Waals surface area contributed by atoms with Crippen LogP contribution in [0.4, 0.5) is 19.8 Å². The third-order valence-electron chi connectivity index (χ3n) is 3.41. The van der Waals surface area contributed by atoms with Crippen LogP contribution < -0.4 is 11.0 Å². The van der Waals surface area contributed by atoms with Crippen LogP contribution >= 0.6 is 11.8 Å². The predicted octanol–water partition coefficient (Wildman–Crippen LogP) is 1.60. The summed E-state index contributed by atoms with van der Waals surface area (Å²) < 4.78 is 25.9. The highest BCUT2D eigenvalue weighted by molar-refractivity contribution is 8.00. The maximum atomic E-state index is 14.9. The number of halogens is 1. The first-order valence-corrected chi connectivity index (χ1v) is 8.85. The van der Waals surface area contributed by atoms with E-state index < -0.39 is 53.0 Å². The second kappa shape index (κ2) is 8.13. The van der Waals surface area contributed by atoms with Crippen LogP contribution in [-0.4, -0.2) is 61.7 Å². The number of carboxylic acid groups (broad SMARTS) is 1. The summed E-state index contributed by atoms with van der Waals surface area (Å²) in [6, 6.07) is 1.19. The van der Waals surface area contributed by atoms with Crippen molar-refractivity contribution in [3.63, 3.8) is 0 Å². The molecule has 2 rings (SSSR count). The van der Waals surface area contributed by atoms with Gasteiger partial charge in [0.15, 0.2) is 12.3 Å². The molecule has 1 amide bonds. The van der Waals surface area contributed by atoms with Crippen LogP contribution in [0.1, 0.15) is 26.1 Å². The minimum Gasteiger partial charge on any atom is -0.465 e. The predicted molar refractivity (Wildman–Crippen MR) is 93.6 cm³/mol. The highest BCUT2D eigenvalue weighted by Gasteiger charge is 2.48. The Bertz CT molecular complexity index is 767. The van der Waals surface area contributed by atoms with E-state index >= 15 is 0 Å². The molecule has 0 bridgehead atoms. The Morgan fingerprint density at radius 2 is 2.11 bits per heavy atom. The Morgan fingerprint density at radius 3 is 2.63 bits per heavy atom. The van der Waals surface area contributed by atoms with Gasteiger partial charge in [0.25, 0.3) is 0 Å². The molecule has 1 aliphatic heterocycles. The largest absolute Gasteiger partial charge is 0.509 e. The molecule has 150 valence electrons. The number of amides is 1. The number of aliphatic hydroxyl groups excluding tert-OH is 1. The summed E-state index contributed by atoms with van der Waals surface area (Å²) in [5, 5.41) is 18.1. The molecule has 2 heterocycles. The normalized spacial score (nSPS) is 25.1. The van der Waals surface area contributed by atoms with Crippen molar-refractivity contribution in [3.05, 3.63) is 22.7 Å². The van der Waals surface area contributed by atoms with Gasteiger partial charge in [-0.25, -0.2) is 18.8 Å². The Balaban J connectivity index is 2.19. The van der Waals surface area contributed by atoms with Crippen LogP contribution in [0.5, 0.6) is 0 Å². The Labute approximate surface area is 157 Å². The minimum atomic E-state index is -1.82. The Kier molecular flexibility index (Phi) is 6.31. The highest BCUT2D eigenvalue weighted by Crippen LogP contribution is 2.44. The number of hydrogen-bond donors (Lipinski definition) is 3. The van der Waals surface area contributed by atoms with E-state index in [4.69, 9.17) is 14.6 Å². The first kappa shape index (κ1) is 21.0. The quantitative estimate of drug-likeness (QED) is 0.637. The smallest absolute Gasteiger partial charge is 0.465 e. The maximum Gasteiger partial charge on any atom is 0.509 e. The third-order valence-corrected chi connectivity index (χ3v) is 4.94. The average molecular weight is 405 g/mol. The highest BCUT2D eigenvalue weighted by atomic mass is 32.2. The van der Waals surface area contributed by atoms with E-state index in [9.17, 15) is 23.9 Å². The molecule has 0 radical (unpaired) electrons. The lowest BCUT2D eigenvalue weighted by Gasteiger charge is -2.23. The van der Waals surface area contributed by atoms with E-state index in [-0.39, 0.29) is 5.82 Å². The van der Waals surface area contributed by atoms with Crippen molar-refractivity contribution in [2.75, 3.05) is 11.9 Å². The molecule has 12 heteroatoms. The zero-order valence-corrected chi connectivity index (χ0v) is 15.6. The molecule has 27 heavy (non-hydrogen) atoms. The van der Waals surface area contributed by atoms with Gasteiger partial charge in [-0.05, 0) is 26.8 Å². The molecule has 1 aromatic rings. The van der Waals surface area contributed by atoms with Crippen molar-refractivity contribution in [2.45, 2.75) is 49.3 Å². The summed E-state index contributed by atoms with van der Waals surface area (Å²) in [5.74, 6) is -0.206. The molecule has 4 atom stereocenters. The monoisotopic (exact) mass is 405 g/mol. The van der Waals surface area contributed by atoms with Gasteiger partial charge in [0.2, 0.25) is 0 Å². The molecule has 3 N–H and O–H groups in total. The van der Waals surface area contributed by atoms with Crippen molar-refractivity contribution < 1.29 is 33.7 Å². The van der Waals surface area contributed by atoms with E-state index in [2.05, 4.69) is 4.98 Å². The van der Waals surface area contributed by atoms with Crippen molar-refractivity contribution in [3.8, 4) is 0 Å². The number of hydrogen-bond acceptors (Lipinski definition) is 8. The summed E-state index contributed by atoms with van der Waals surface area (Å²) in [7, 11) is 0. The molecule has 1 aromatic heterocycles. The van der Waals surface area contributed by atoms with Gasteiger partial charge in [0.05, 0.1) is 11.9 Å². The van der Waals surface area contributed by atoms with Crippen LogP contribution in [0.15, 0.2) is 17.1 Å². The molecule has 1 fully saturated rings. The molecular formula is C15H20FN3O7S. The fourth-order valence-corrected chi connectivity index (χ4v) is 3.78. The van der Waals surface area contributed by atoms with Gasteiger partial charge in [-0.15, -0.1) is 11.8 Å². The SMILES string of the molecule is CC(C)(C)OC(=O)O[C@H]1[C@H](F)[C@H](n2ccc(NC(=O)O)nc2=O)S[C@@H]1CO. The minimum absolute atomic E-state index is 0.206. The lowest BCUT2D eigenvalue weighted by atomic mass is 10.1. The summed E-state index contributed by atoms with van der Waals surface area (Å²) >= 11 is 0.902. The zero-order valence-electron chi connectivity index (χ0n) is 14.8. The van der Waals surface area contributed by atoms with Crippen LogP contribution in [-0.2, 0) is 9.47 Å². The van der Waals surface area contributed by atoms with Crippen molar-refractivity contribution in [2.24, 2.45) is 0 Å². The van der Waals surface area contributed by atoms with E-state index in [1.807, 2.05) is 5.32 Å². The van der Waals surface area contributed by atoms with Gasteiger partial charge in [0, 0.05) is 6.20 Å². The van der Waals surface area contributed by atoms with Gasteiger partial charge in [-0.3, -0.25) is 9.88 Å². The molecule has 0 saturated carbocycles. The summed E-state index contributed by atoms with van der Waals surface area (Å²) in [6.45, 7) is 4.37. The number of aliphatic hydroxyl groups is 1. The fourth-order valence-electron chi connectivity index (χ4n) is 2.38. The first-order chi connectivity index (χ1) is 12.5. The molecule has 10 nitrogen and oxygen atoms in total. The van der Waals surface area contributed by atoms with Gasteiger partial charge in [-0.2, -0.15) is 4.98 Å². The number of anilines is 1.